The average molecular weight is 268 g/mol. The van der Waals surface area contributed by atoms with Crippen LogP contribution in [0.4, 0.5) is 4.79 Å². The Kier molecular flexibility index (Phi) is 5.09. The molecule has 0 aromatic heterocycles. The third-order valence-corrected chi connectivity index (χ3v) is 3.64. The first-order valence-corrected chi connectivity index (χ1v) is 7.05. The van der Waals surface area contributed by atoms with Gasteiger partial charge in [-0.05, 0) is 26.7 Å². The lowest BCUT2D eigenvalue weighted by Crippen LogP contribution is -2.64. The summed E-state index contributed by atoms with van der Waals surface area (Å²) in [5.74, 6) is -0.889. The van der Waals surface area contributed by atoms with E-state index in [1.165, 1.54) is 4.90 Å². The second-order valence-corrected chi connectivity index (χ2v) is 5.64. The molecular weight excluding hydrogens is 244 g/mol. The quantitative estimate of drug-likeness (QED) is 0.752. The Bertz CT molecular complexity index is 377. The molecule has 0 aliphatic carbocycles. The third kappa shape index (κ3) is 3.14. The Hall–Kier alpha value is -1.39. The maximum Gasteiger partial charge on any atom is 0.331 e. The van der Waals surface area contributed by atoms with E-state index in [1.54, 1.807) is 13.8 Å². The Labute approximate surface area is 114 Å². The van der Waals surface area contributed by atoms with Gasteiger partial charge in [-0.2, -0.15) is 0 Å². The fraction of sp³-hybridized carbons (Fsp3) is 0.786. The van der Waals surface area contributed by atoms with Gasteiger partial charge in [0, 0.05) is 6.04 Å². The van der Waals surface area contributed by atoms with E-state index < -0.39 is 17.4 Å². The number of unbranched alkanes of at least 4 members (excludes halogenated alkanes) is 1. The van der Waals surface area contributed by atoms with E-state index in [1.807, 2.05) is 6.92 Å². The highest BCUT2D eigenvalue weighted by Crippen LogP contribution is 2.27. The molecule has 0 spiro atoms. The van der Waals surface area contributed by atoms with Crippen LogP contribution in [0.1, 0.15) is 59.8 Å². The van der Waals surface area contributed by atoms with Crippen molar-refractivity contribution in [3.63, 3.8) is 0 Å². The Morgan fingerprint density at radius 2 is 1.74 bits per heavy atom. The van der Waals surface area contributed by atoms with Crippen molar-refractivity contribution in [2.24, 2.45) is 5.41 Å². The number of urea groups is 1. The number of nitrogens with one attached hydrogen (secondary N) is 1. The van der Waals surface area contributed by atoms with Crippen molar-refractivity contribution >= 4 is 17.8 Å². The average Bonchev–Trinajstić information content (AvgIpc) is 2.34. The Morgan fingerprint density at radius 1 is 1.11 bits per heavy atom. The minimum atomic E-state index is -1.16. The van der Waals surface area contributed by atoms with E-state index in [2.05, 4.69) is 12.2 Å². The lowest BCUT2D eigenvalue weighted by atomic mass is 9.87. The molecule has 108 valence electrons. The molecule has 0 aromatic carbocycles. The van der Waals surface area contributed by atoms with Crippen LogP contribution < -0.4 is 5.32 Å². The van der Waals surface area contributed by atoms with Crippen molar-refractivity contribution in [2.45, 2.75) is 65.8 Å². The van der Waals surface area contributed by atoms with Crippen LogP contribution in [0.15, 0.2) is 0 Å². The number of nitrogens with zero attached hydrogens (tertiary/aromatic N) is 1. The topological polar surface area (TPSA) is 66.5 Å². The van der Waals surface area contributed by atoms with E-state index in [9.17, 15) is 14.4 Å². The number of imide groups is 2. The molecule has 0 saturated carbocycles. The molecule has 1 aliphatic heterocycles. The predicted octanol–water partition coefficient (Wildman–Crippen LogP) is 2.45. The molecule has 1 saturated heterocycles. The molecule has 5 nitrogen and oxygen atoms in total. The van der Waals surface area contributed by atoms with E-state index in [4.69, 9.17) is 0 Å². The van der Waals surface area contributed by atoms with E-state index in [0.717, 1.165) is 32.1 Å². The maximum atomic E-state index is 12.4. The second kappa shape index (κ2) is 6.17. The first-order chi connectivity index (χ1) is 8.86. The fourth-order valence-electron chi connectivity index (χ4n) is 2.31. The van der Waals surface area contributed by atoms with Crippen LogP contribution in [0.5, 0.6) is 0 Å². The van der Waals surface area contributed by atoms with Crippen LogP contribution in [0.3, 0.4) is 0 Å². The van der Waals surface area contributed by atoms with Crippen molar-refractivity contribution in [3.8, 4) is 0 Å². The molecule has 19 heavy (non-hydrogen) atoms. The molecule has 0 bridgehead atoms. The van der Waals surface area contributed by atoms with E-state index >= 15 is 0 Å². The highest BCUT2D eigenvalue weighted by Gasteiger charge is 2.48. The van der Waals surface area contributed by atoms with Crippen LogP contribution in [0.25, 0.3) is 0 Å². The lowest BCUT2D eigenvalue weighted by molar-refractivity contribution is -0.150. The van der Waals surface area contributed by atoms with Crippen molar-refractivity contribution < 1.29 is 14.4 Å². The zero-order chi connectivity index (χ0) is 14.6. The Morgan fingerprint density at radius 3 is 2.26 bits per heavy atom. The molecule has 1 fully saturated rings. The van der Waals surface area contributed by atoms with Crippen molar-refractivity contribution in [1.29, 1.82) is 0 Å². The monoisotopic (exact) mass is 268 g/mol. The molecule has 0 radical (unpaired) electrons. The summed E-state index contributed by atoms with van der Waals surface area (Å²) in [6.07, 6.45) is 4.47. The van der Waals surface area contributed by atoms with Gasteiger partial charge in [0.15, 0.2) is 0 Å². The van der Waals surface area contributed by atoms with Gasteiger partial charge >= 0.3 is 6.03 Å². The fourth-order valence-corrected chi connectivity index (χ4v) is 2.31. The van der Waals surface area contributed by atoms with Gasteiger partial charge < -0.3 is 0 Å². The standard InChI is InChI=1S/C14H24N2O3/c1-5-7-9-10(8-6-2)16-12(18)14(3,4)11(17)15-13(16)19/h10H,5-9H2,1-4H3,(H,15,17,19). The van der Waals surface area contributed by atoms with Gasteiger partial charge in [-0.15, -0.1) is 0 Å². The minimum absolute atomic E-state index is 0.107. The molecule has 1 heterocycles. The number of barbiturate groups is 1. The first-order valence-electron chi connectivity index (χ1n) is 7.05. The van der Waals surface area contributed by atoms with Crippen LogP contribution in [-0.4, -0.2) is 28.8 Å². The van der Waals surface area contributed by atoms with Crippen LogP contribution in [0.2, 0.25) is 0 Å². The van der Waals surface area contributed by atoms with E-state index in [-0.39, 0.29) is 11.9 Å². The lowest BCUT2D eigenvalue weighted by Gasteiger charge is -2.39. The van der Waals surface area contributed by atoms with Crippen molar-refractivity contribution in [3.05, 3.63) is 0 Å². The molecule has 1 atom stereocenters. The van der Waals surface area contributed by atoms with E-state index in [0.29, 0.717) is 0 Å². The van der Waals surface area contributed by atoms with Crippen molar-refractivity contribution in [2.75, 3.05) is 0 Å². The number of rotatable bonds is 6. The normalized spacial score (nSPS) is 20.4. The van der Waals surface area contributed by atoms with Gasteiger partial charge in [0.2, 0.25) is 11.8 Å². The number of hydrogen-bond donors (Lipinski definition) is 1. The minimum Gasteiger partial charge on any atom is -0.277 e. The number of carbonyl (C=O) groups is 3. The molecule has 4 amide bonds. The van der Waals surface area contributed by atoms with Gasteiger partial charge in [0.05, 0.1) is 0 Å². The molecule has 1 aliphatic rings. The predicted molar refractivity (Wildman–Crippen MR) is 72.4 cm³/mol. The summed E-state index contributed by atoms with van der Waals surface area (Å²) >= 11 is 0. The molecular formula is C14H24N2O3. The Balaban J connectivity index is 2.96. The zero-order valence-corrected chi connectivity index (χ0v) is 12.3. The highest BCUT2D eigenvalue weighted by atomic mass is 16.2. The third-order valence-electron chi connectivity index (χ3n) is 3.64. The number of amides is 4. The number of hydrogen-bond acceptors (Lipinski definition) is 3. The largest absolute Gasteiger partial charge is 0.331 e. The maximum absolute atomic E-state index is 12.4. The molecule has 5 heteroatoms. The van der Waals surface area contributed by atoms with Gasteiger partial charge in [0.1, 0.15) is 5.41 Å². The molecule has 1 N–H and O–H groups in total. The number of carbonyl (C=O) groups excluding carboxylic acids is 3. The molecule has 1 rings (SSSR count). The summed E-state index contributed by atoms with van der Waals surface area (Å²) in [4.78, 5) is 37.3. The molecule has 0 aromatic rings. The van der Waals surface area contributed by atoms with Gasteiger partial charge in [-0.1, -0.05) is 33.1 Å². The SMILES string of the molecule is CCCCC(CCC)N1C(=O)NC(=O)C(C)(C)C1=O. The summed E-state index contributed by atoms with van der Waals surface area (Å²) in [7, 11) is 0. The van der Waals surface area contributed by atoms with Gasteiger partial charge in [-0.25, -0.2) is 4.79 Å². The van der Waals surface area contributed by atoms with Crippen molar-refractivity contribution in [1.82, 2.24) is 10.2 Å². The highest BCUT2D eigenvalue weighted by molar-refractivity contribution is 6.18. The van der Waals surface area contributed by atoms with Crippen LogP contribution in [0, 0.1) is 5.41 Å². The van der Waals surface area contributed by atoms with Crippen LogP contribution >= 0.6 is 0 Å². The second-order valence-electron chi connectivity index (χ2n) is 5.64. The summed E-state index contributed by atoms with van der Waals surface area (Å²) < 4.78 is 0. The molecule has 1 unspecified atom stereocenters. The summed E-state index contributed by atoms with van der Waals surface area (Å²) in [5.41, 5.74) is -1.16. The first kappa shape index (κ1) is 15.7. The van der Waals surface area contributed by atoms with Gasteiger partial charge in [0.25, 0.3) is 0 Å². The summed E-state index contributed by atoms with van der Waals surface area (Å²) in [6.45, 7) is 7.23. The van der Waals surface area contributed by atoms with Gasteiger partial charge in [-0.3, -0.25) is 19.8 Å². The van der Waals surface area contributed by atoms with Crippen LogP contribution in [-0.2, 0) is 9.59 Å². The summed E-state index contributed by atoms with van der Waals surface area (Å²) in [6, 6.07) is -0.672. The zero-order valence-electron chi connectivity index (χ0n) is 12.3. The summed E-state index contributed by atoms with van der Waals surface area (Å²) in [5, 5.41) is 2.29. The smallest absolute Gasteiger partial charge is 0.277 e.